The van der Waals surface area contributed by atoms with Crippen molar-refractivity contribution in [2.75, 3.05) is 19.7 Å². The molecule has 1 aliphatic rings. The fourth-order valence-electron chi connectivity index (χ4n) is 3.90. The lowest BCUT2D eigenvalue weighted by Gasteiger charge is -2.33. The predicted octanol–water partition coefficient (Wildman–Crippen LogP) is 4.51. The third-order valence-corrected chi connectivity index (χ3v) is 5.45. The topological polar surface area (TPSA) is 55.3 Å². The molecule has 1 aliphatic heterocycles. The fraction of sp³-hybridized carbons (Fsp3) is 0.160. The van der Waals surface area contributed by atoms with Crippen LogP contribution in [0.3, 0.4) is 0 Å². The Morgan fingerprint density at radius 3 is 2.57 bits per heavy atom. The number of benzene rings is 2. The summed E-state index contributed by atoms with van der Waals surface area (Å²) in [4.78, 5) is 24.3. The number of fused-ring (bicyclic) bond motifs is 1. The zero-order chi connectivity index (χ0) is 20.3. The van der Waals surface area contributed by atoms with Crippen molar-refractivity contribution < 1.29 is 9.53 Å². The number of nitrogens with zero attached hydrogens (tertiary/aromatic N) is 3. The first-order chi connectivity index (χ1) is 14.8. The Balaban J connectivity index is 1.52. The number of carbonyl (C=O) groups is 1. The van der Waals surface area contributed by atoms with Crippen LogP contribution in [-0.2, 0) is 4.74 Å². The normalized spacial score (nSPS) is 16.5. The van der Waals surface area contributed by atoms with E-state index in [-0.39, 0.29) is 12.0 Å². The molecule has 0 saturated carbocycles. The summed E-state index contributed by atoms with van der Waals surface area (Å²) in [7, 11) is 0. The molecule has 0 aliphatic carbocycles. The van der Waals surface area contributed by atoms with Gasteiger partial charge in [0.1, 0.15) is 6.10 Å². The molecule has 0 unspecified atom stereocenters. The molecular formula is C25H21N3O2. The molecule has 0 radical (unpaired) electrons. The molecule has 148 valence electrons. The highest BCUT2D eigenvalue weighted by Gasteiger charge is 2.27. The van der Waals surface area contributed by atoms with Crippen molar-refractivity contribution >= 4 is 16.8 Å². The minimum Gasteiger partial charge on any atom is -0.370 e. The Bertz CT molecular complexity index is 1180. The van der Waals surface area contributed by atoms with E-state index in [2.05, 4.69) is 4.98 Å². The predicted molar refractivity (Wildman–Crippen MR) is 116 cm³/mol. The SMILES string of the molecule is O=C(c1cc(-c2ccncc2)nc2ccccc12)N1CCO[C@H](c2ccccc2)C1. The molecule has 1 fully saturated rings. The van der Waals surface area contributed by atoms with Crippen LogP contribution in [0.15, 0.2) is 85.2 Å². The van der Waals surface area contributed by atoms with Crippen molar-refractivity contribution in [2.24, 2.45) is 0 Å². The number of ether oxygens (including phenoxy) is 1. The zero-order valence-electron chi connectivity index (χ0n) is 16.4. The maximum absolute atomic E-state index is 13.6. The van der Waals surface area contributed by atoms with Crippen LogP contribution in [0.1, 0.15) is 22.0 Å². The third-order valence-electron chi connectivity index (χ3n) is 5.45. The minimum absolute atomic E-state index is 0.00753. The Kier molecular flexibility index (Phi) is 4.95. The van der Waals surface area contributed by atoms with Crippen LogP contribution < -0.4 is 0 Å². The molecule has 30 heavy (non-hydrogen) atoms. The van der Waals surface area contributed by atoms with Crippen molar-refractivity contribution in [3.63, 3.8) is 0 Å². The molecule has 5 rings (SSSR count). The molecule has 0 spiro atoms. The van der Waals surface area contributed by atoms with E-state index in [1.165, 1.54) is 0 Å². The summed E-state index contributed by atoms with van der Waals surface area (Å²) in [5.41, 5.74) is 4.28. The van der Waals surface area contributed by atoms with Gasteiger partial charge in [-0.1, -0.05) is 48.5 Å². The average molecular weight is 395 g/mol. The maximum atomic E-state index is 13.6. The molecule has 5 heteroatoms. The molecule has 0 N–H and O–H groups in total. The second-order valence-corrected chi connectivity index (χ2v) is 7.33. The first-order valence-electron chi connectivity index (χ1n) is 10.1. The summed E-state index contributed by atoms with van der Waals surface area (Å²) >= 11 is 0. The number of pyridine rings is 2. The van der Waals surface area contributed by atoms with Crippen LogP contribution in [0.5, 0.6) is 0 Å². The van der Waals surface area contributed by atoms with Gasteiger partial charge in [-0.15, -0.1) is 0 Å². The van der Waals surface area contributed by atoms with Crippen molar-refractivity contribution in [3.8, 4) is 11.3 Å². The first-order valence-corrected chi connectivity index (χ1v) is 10.1. The van der Waals surface area contributed by atoms with Gasteiger partial charge >= 0.3 is 0 Å². The molecule has 4 aromatic rings. The number of amides is 1. The van der Waals surface area contributed by atoms with Gasteiger partial charge < -0.3 is 9.64 Å². The average Bonchev–Trinajstić information content (AvgIpc) is 2.84. The summed E-state index contributed by atoms with van der Waals surface area (Å²) in [6, 6.07) is 23.6. The Labute approximate surface area is 175 Å². The molecule has 3 heterocycles. The smallest absolute Gasteiger partial charge is 0.254 e. The molecule has 1 amide bonds. The van der Waals surface area contributed by atoms with Crippen LogP contribution in [0.25, 0.3) is 22.2 Å². The molecule has 2 aromatic heterocycles. The summed E-state index contributed by atoms with van der Waals surface area (Å²) in [6.07, 6.45) is 3.36. The first kappa shape index (κ1) is 18.5. The Morgan fingerprint density at radius 1 is 0.967 bits per heavy atom. The summed E-state index contributed by atoms with van der Waals surface area (Å²) in [6.45, 7) is 1.62. The summed E-state index contributed by atoms with van der Waals surface area (Å²) < 4.78 is 5.95. The van der Waals surface area contributed by atoms with Gasteiger partial charge in [0.2, 0.25) is 0 Å². The number of hydrogen-bond donors (Lipinski definition) is 0. The van der Waals surface area contributed by atoms with Crippen molar-refractivity contribution in [1.82, 2.24) is 14.9 Å². The van der Waals surface area contributed by atoms with Crippen LogP contribution in [-0.4, -0.2) is 40.5 Å². The third kappa shape index (κ3) is 3.55. The van der Waals surface area contributed by atoms with Crippen LogP contribution in [0, 0.1) is 0 Å². The summed E-state index contributed by atoms with van der Waals surface area (Å²) in [5, 5.41) is 0.864. The number of aromatic nitrogens is 2. The van der Waals surface area contributed by atoms with E-state index in [9.17, 15) is 4.79 Å². The molecular weight excluding hydrogens is 374 g/mol. The highest BCUT2D eigenvalue weighted by atomic mass is 16.5. The Morgan fingerprint density at radius 2 is 1.73 bits per heavy atom. The second kappa shape index (κ2) is 8.05. The number of rotatable bonds is 3. The lowest BCUT2D eigenvalue weighted by atomic mass is 10.0. The van der Waals surface area contributed by atoms with Gasteiger partial charge in [-0.2, -0.15) is 0 Å². The van der Waals surface area contributed by atoms with E-state index >= 15 is 0 Å². The van der Waals surface area contributed by atoms with Gasteiger partial charge in [0.15, 0.2) is 0 Å². The number of morpholine rings is 1. The second-order valence-electron chi connectivity index (χ2n) is 7.33. The standard InChI is InChI=1S/C25H21N3O2/c29-25(28-14-15-30-24(17-28)19-6-2-1-3-7-19)21-16-23(18-10-12-26-13-11-18)27-22-9-5-4-8-20(21)22/h1-13,16,24H,14-15,17H2/t24-/m0/s1. The largest absolute Gasteiger partial charge is 0.370 e. The number of para-hydroxylation sites is 1. The number of carbonyl (C=O) groups excluding carboxylic acids is 1. The molecule has 1 saturated heterocycles. The van der Waals surface area contributed by atoms with E-state index in [0.717, 1.165) is 27.7 Å². The lowest BCUT2D eigenvalue weighted by molar-refractivity contribution is -0.0227. The van der Waals surface area contributed by atoms with Gasteiger partial charge in [0.25, 0.3) is 5.91 Å². The van der Waals surface area contributed by atoms with Crippen molar-refractivity contribution in [2.45, 2.75) is 6.10 Å². The highest BCUT2D eigenvalue weighted by molar-refractivity contribution is 6.07. The van der Waals surface area contributed by atoms with Gasteiger partial charge in [0.05, 0.1) is 29.9 Å². The monoisotopic (exact) mass is 395 g/mol. The van der Waals surface area contributed by atoms with Gasteiger partial charge in [-0.25, -0.2) is 4.98 Å². The van der Waals surface area contributed by atoms with Gasteiger partial charge in [-0.3, -0.25) is 9.78 Å². The van der Waals surface area contributed by atoms with Crippen molar-refractivity contribution in [3.05, 3.63) is 96.3 Å². The highest BCUT2D eigenvalue weighted by Crippen LogP contribution is 2.28. The Hall–Kier alpha value is -3.57. The van der Waals surface area contributed by atoms with Crippen molar-refractivity contribution in [1.29, 1.82) is 0 Å². The van der Waals surface area contributed by atoms with E-state index in [1.54, 1.807) is 12.4 Å². The number of hydrogen-bond acceptors (Lipinski definition) is 4. The van der Waals surface area contributed by atoms with Crippen LogP contribution in [0.2, 0.25) is 0 Å². The van der Waals surface area contributed by atoms with Gasteiger partial charge in [0, 0.05) is 29.9 Å². The van der Waals surface area contributed by atoms with Crippen LogP contribution >= 0.6 is 0 Å². The van der Waals surface area contributed by atoms with E-state index in [0.29, 0.717) is 25.3 Å². The van der Waals surface area contributed by atoms with E-state index < -0.39 is 0 Å². The quantitative estimate of drug-likeness (QED) is 0.512. The molecule has 5 nitrogen and oxygen atoms in total. The van der Waals surface area contributed by atoms with E-state index in [4.69, 9.17) is 9.72 Å². The maximum Gasteiger partial charge on any atom is 0.254 e. The molecule has 0 bridgehead atoms. The van der Waals surface area contributed by atoms with Crippen LogP contribution in [0.4, 0.5) is 0 Å². The minimum atomic E-state index is -0.114. The molecule has 1 atom stereocenters. The zero-order valence-corrected chi connectivity index (χ0v) is 16.4. The summed E-state index contributed by atoms with van der Waals surface area (Å²) in [5.74, 6) is 0.00753. The lowest BCUT2D eigenvalue weighted by Crippen LogP contribution is -2.42. The fourth-order valence-corrected chi connectivity index (χ4v) is 3.90. The van der Waals surface area contributed by atoms with E-state index in [1.807, 2.05) is 77.7 Å². The van der Waals surface area contributed by atoms with Gasteiger partial charge in [-0.05, 0) is 29.8 Å². The molecule has 2 aromatic carbocycles.